The summed E-state index contributed by atoms with van der Waals surface area (Å²) in [6.45, 7) is 3.42. The van der Waals surface area contributed by atoms with Crippen molar-refractivity contribution in [3.63, 3.8) is 0 Å². The molecule has 3 rings (SSSR count). The molecule has 0 aliphatic carbocycles. The maximum atomic E-state index is 12.0. The minimum absolute atomic E-state index is 0.000383. The van der Waals surface area contributed by atoms with Gasteiger partial charge in [-0.25, -0.2) is 4.98 Å². The fraction of sp³-hybridized carbons (Fsp3) is 0.438. The van der Waals surface area contributed by atoms with Crippen LogP contribution in [-0.4, -0.2) is 46.4 Å². The molecule has 0 atom stereocenters. The second-order valence-corrected chi connectivity index (χ2v) is 5.44. The van der Waals surface area contributed by atoms with E-state index in [1.54, 1.807) is 11.8 Å². The van der Waals surface area contributed by atoms with Crippen molar-refractivity contribution < 1.29 is 14.3 Å². The van der Waals surface area contributed by atoms with Crippen LogP contribution in [0.5, 0.6) is 0 Å². The molecule has 2 aromatic rings. The van der Waals surface area contributed by atoms with E-state index in [0.29, 0.717) is 19.7 Å². The molecular weight excluding hydrogens is 282 g/mol. The molecular formula is C16H19N3O3. The number of aromatic amines is 1. The van der Waals surface area contributed by atoms with Gasteiger partial charge in [-0.15, -0.1) is 0 Å². The van der Waals surface area contributed by atoms with Gasteiger partial charge in [-0.2, -0.15) is 0 Å². The number of likely N-dealkylation sites (tertiary alicyclic amines) is 1. The smallest absolute Gasteiger partial charge is 0.306 e. The van der Waals surface area contributed by atoms with Gasteiger partial charge in [0.2, 0.25) is 5.91 Å². The van der Waals surface area contributed by atoms with Crippen LogP contribution in [0.4, 0.5) is 0 Å². The van der Waals surface area contributed by atoms with E-state index in [-0.39, 0.29) is 30.6 Å². The Bertz CT molecular complexity index is 656. The molecule has 1 saturated heterocycles. The van der Waals surface area contributed by atoms with Crippen LogP contribution in [0.1, 0.15) is 31.5 Å². The number of nitrogens with zero attached hydrogens (tertiary/aromatic N) is 2. The number of hydrogen-bond donors (Lipinski definition) is 1. The first-order valence-corrected chi connectivity index (χ1v) is 7.55. The summed E-state index contributed by atoms with van der Waals surface area (Å²) in [6, 6.07) is 7.89. The highest BCUT2D eigenvalue weighted by Crippen LogP contribution is 2.27. The summed E-state index contributed by atoms with van der Waals surface area (Å²) in [6.07, 6.45) is 0.365. The van der Waals surface area contributed by atoms with Crippen LogP contribution in [0.2, 0.25) is 0 Å². The lowest BCUT2D eigenvalue weighted by Crippen LogP contribution is -2.48. The number of aromatic nitrogens is 2. The molecule has 1 aromatic heterocycles. The highest BCUT2D eigenvalue weighted by atomic mass is 16.5. The van der Waals surface area contributed by atoms with Crippen LogP contribution in [-0.2, 0) is 14.3 Å². The number of nitrogens with one attached hydrogen (secondary N) is 1. The third kappa shape index (κ3) is 2.95. The SMILES string of the molecule is CCOC(=O)CCC(=O)N1CC(c2nc3ccccc3[nH]2)C1. The zero-order valence-corrected chi connectivity index (χ0v) is 12.5. The molecule has 22 heavy (non-hydrogen) atoms. The standard InChI is InChI=1S/C16H19N3O3/c1-2-22-15(21)8-7-14(20)19-9-11(10-19)16-17-12-5-3-4-6-13(12)18-16/h3-6,11H,2,7-10H2,1H3,(H,17,18). The van der Waals surface area contributed by atoms with Gasteiger partial charge < -0.3 is 14.6 Å². The van der Waals surface area contributed by atoms with E-state index in [4.69, 9.17) is 4.74 Å². The Morgan fingerprint density at radius 1 is 1.32 bits per heavy atom. The number of H-pyrrole nitrogens is 1. The molecule has 0 radical (unpaired) electrons. The molecule has 1 aromatic carbocycles. The number of hydrogen-bond acceptors (Lipinski definition) is 4. The number of benzene rings is 1. The highest BCUT2D eigenvalue weighted by molar-refractivity contribution is 5.82. The number of fused-ring (bicyclic) bond motifs is 1. The van der Waals surface area contributed by atoms with Gasteiger partial charge in [0, 0.05) is 19.5 Å². The first kappa shape index (κ1) is 14.6. The molecule has 1 aliphatic heterocycles. The minimum atomic E-state index is -0.315. The quantitative estimate of drug-likeness (QED) is 0.855. The van der Waals surface area contributed by atoms with Crippen molar-refractivity contribution in [2.75, 3.05) is 19.7 Å². The molecule has 0 saturated carbocycles. The molecule has 0 unspecified atom stereocenters. The van der Waals surface area contributed by atoms with Crippen molar-refractivity contribution in [1.29, 1.82) is 0 Å². The fourth-order valence-corrected chi connectivity index (χ4v) is 2.62. The topological polar surface area (TPSA) is 75.3 Å². The van der Waals surface area contributed by atoms with E-state index in [1.807, 2.05) is 24.3 Å². The van der Waals surface area contributed by atoms with Gasteiger partial charge in [0.25, 0.3) is 0 Å². The van der Waals surface area contributed by atoms with E-state index in [0.717, 1.165) is 16.9 Å². The number of esters is 1. The zero-order valence-electron chi connectivity index (χ0n) is 12.5. The van der Waals surface area contributed by atoms with Crippen LogP contribution >= 0.6 is 0 Å². The molecule has 1 aliphatic rings. The first-order valence-electron chi connectivity index (χ1n) is 7.55. The zero-order chi connectivity index (χ0) is 15.5. The van der Waals surface area contributed by atoms with Crippen molar-refractivity contribution in [2.45, 2.75) is 25.7 Å². The van der Waals surface area contributed by atoms with Crippen molar-refractivity contribution in [2.24, 2.45) is 0 Å². The lowest BCUT2D eigenvalue weighted by molar-refractivity contribution is -0.146. The molecule has 6 heteroatoms. The van der Waals surface area contributed by atoms with E-state index in [2.05, 4.69) is 9.97 Å². The Labute approximate surface area is 128 Å². The third-order valence-corrected chi connectivity index (χ3v) is 3.88. The largest absolute Gasteiger partial charge is 0.466 e. The number of imidazole rings is 1. The van der Waals surface area contributed by atoms with Crippen LogP contribution in [0.3, 0.4) is 0 Å². The Kier molecular flexibility index (Phi) is 4.09. The Hall–Kier alpha value is -2.37. The highest BCUT2D eigenvalue weighted by Gasteiger charge is 2.33. The monoisotopic (exact) mass is 301 g/mol. The van der Waals surface area contributed by atoms with E-state index in [1.165, 1.54) is 0 Å². The van der Waals surface area contributed by atoms with Gasteiger partial charge in [0.1, 0.15) is 5.82 Å². The van der Waals surface area contributed by atoms with Gasteiger partial charge >= 0.3 is 5.97 Å². The summed E-state index contributed by atoms with van der Waals surface area (Å²) in [7, 11) is 0. The molecule has 0 bridgehead atoms. The van der Waals surface area contributed by atoms with Gasteiger partial charge in [-0.05, 0) is 19.1 Å². The van der Waals surface area contributed by atoms with Crippen molar-refractivity contribution in [3.8, 4) is 0 Å². The maximum absolute atomic E-state index is 12.0. The number of carbonyl (C=O) groups is 2. The second kappa shape index (κ2) is 6.17. The number of rotatable bonds is 5. The van der Waals surface area contributed by atoms with Crippen molar-refractivity contribution >= 4 is 22.9 Å². The third-order valence-electron chi connectivity index (χ3n) is 3.88. The fourth-order valence-electron chi connectivity index (χ4n) is 2.62. The number of carbonyl (C=O) groups excluding carboxylic acids is 2. The van der Waals surface area contributed by atoms with Gasteiger partial charge in [-0.3, -0.25) is 9.59 Å². The molecule has 6 nitrogen and oxygen atoms in total. The van der Waals surface area contributed by atoms with Gasteiger partial charge in [-0.1, -0.05) is 12.1 Å². The predicted octanol–water partition coefficient (Wildman–Crippen LogP) is 1.83. The predicted molar refractivity (Wildman–Crippen MR) is 81.3 cm³/mol. The molecule has 2 heterocycles. The normalized spacial score (nSPS) is 14.9. The van der Waals surface area contributed by atoms with Crippen LogP contribution in [0.25, 0.3) is 11.0 Å². The summed E-state index contributed by atoms with van der Waals surface area (Å²) < 4.78 is 4.82. The Balaban J connectivity index is 1.51. The first-order chi connectivity index (χ1) is 10.7. The van der Waals surface area contributed by atoms with Crippen molar-refractivity contribution in [3.05, 3.63) is 30.1 Å². The Morgan fingerprint density at radius 3 is 2.82 bits per heavy atom. The van der Waals surface area contributed by atoms with Crippen LogP contribution in [0.15, 0.2) is 24.3 Å². The summed E-state index contributed by atoms with van der Waals surface area (Å²) in [4.78, 5) is 32.8. The summed E-state index contributed by atoms with van der Waals surface area (Å²) in [5.74, 6) is 0.861. The molecule has 1 N–H and O–H groups in total. The van der Waals surface area contributed by atoms with E-state index in [9.17, 15) is 9.59 Å². The van der Waals surface area contributed by atoms with E-state index >= 15 is 0 Å². The van der Waals surface area contributed by atoms with Crippen molar-refractivity contribution in [1.82, 2.24) is 14.9 Å². The average Bonchev–Trinajstić information content (AvgIpc) is 2.87. The van der Waals surface area contributed by atoms with Gasteiger partial charge in [0.15, 0.2) is 0 Å². The molecule has 1 amide bonds. The van der Waals surface area contributed by atoms with E-state index < -0.39 is 0 Å². The molecule has 0 spiro atoms. The second-order valence-electron chi connectivity index (χ2n) is 5.44. The lowest BCUT2D eigenvalue weighted by atomic mass is 9.99. The average molecular weight is 301 g/mol. The van der Waals surface area contributed by atoms with Crippen LogP contribution in [0, 0.1) is 0 Å². The lowest BCUT2D eigenvalue weighted by Gasteiger charge is -2.38. The van der Waals surface area contributed by atoms with Crippen LogP contribution < -0.4 is 0 Å². The number of ether oxygens (including phenoxy) is 1. The number of amides is 1. The summed E-state index contributed by atoms with van der Waals surface area (Å²) >= 11 is 0. The summed E-state index contributed by atoms with van der Waals surface area (Å²) in [5, 5.41) is 0. The molecule has 116 valence electrons. The maximum Gasteiger partial charge on any atom is 0.306 e. The van der Waals surface area contributed by atoms with Gasteiger partial charge in [0.05, 0.1) is 30.0 Å². The molecule has 1 fully saturated rings. The Morgan fingerprint density at radius 2 is 2.09 bits per heavy atom. The minimum Gasteiger partial charge on any atom is -0.466 e. The number of para-hydroxylation sites is 2. The summed E-state index contributed by atoms with van der Waals surface area (Å²) in [5.41, 5.74) is 1.97.